The van der Waals surface area contributed by atoms with Crippen molar-refractivity contribution in [2.75, 3.05) is 19.8 Å². The number of nitrogens with one attached hydrogen (secondary N) is 1. The van der Waals surface area contributed by atoms with Crippen LogP contribution in [0, 0.1) is 5.92 Å². The van der Waals surface area contributed by atoms with E-state index >= 15 is 0 Å². The second-order valence-corrected chi connectivity index (χ2v) is 6.06. The molecule has 7 heteroatoms. The van der Waals surface area contributed by atoms with Gasteiger partial charge in [-0.05, 0) is 48.8 Å². The molecule has 2 aliphatic rings. The van der Waals surface area contributed by atoms with Crippen molar-refractivity contribution in [1.82, 2.24) is 5.32 Å². The van der Waals surface area contributed by atoms with E-state index in [0.29, 0.717) is 18.3 Å². The van der Waals surface area contributed by atoms with E-state index < -0.39 is 6.61 Å². The molecule has 2 atom stereocenters. The summed E-state index contributed by atoms with van der Waals surface area (Å²) in [4.78, 5) is 0. The number of aliphatic hydroxyl groups excluding tert-OH is 1. The second kappa shape index (κ2) is 8.13. The van der Waals surface area contributed by atoms with Crippen molar-refractivity contribution < 1.29 is 23.4 Å². The van der Waals surface area contributed by atoms with Crippen LogP contribution >= 0.6 is 12.4 Å². The van der Waals surface area contributed by atoms with Gasteiger partial charge in [-0.1, -0.05) is 6.07 Å². The molecule has 4 nitrogen and oxygen atoms in total. The number of aliphatic hydroxyl groups is 1. The van der Waals surface area contributed by atoms with Crippen LogP contribution in [-0.2, 0) is 0 Å². The Bertz CT molecular complexity index is 514. The molecule has 1 heterocycles. The molecule has 2 N–H and O–H groups in total. The van der Waals surface area contributed by atoms with Crippen LogP contribution in [0.25, 0.3) is 0 Å². The number of alkyl halides is 2. The minimum absolute atomic E-state index is 0. The third-order valence-electron chi connectivity index (χ3n) is 4.27. The Hall–Kier alpha value is -1.11. The van der Waals surface area contributed by atoms with Gasteiger partial charge in [0.2, 0.25) is 0 Å². The molecular weight excluding hydrogens is 328 g/mol. The van der Waals surface area contributed by atoms with E-state index in [1.807, 2.05) is 0 Å². The highest BCUT2D eigenvalue weighted by molar-refractivity contribution is 5.85. The first kappa shape index (κ1) is 18.2. The Morgan fingerprint density at radius 2 is 2.04 bits per heavy atom. The van der Waals surface area contributed by atoms with Crippen molar-refractivity contribution in [3.8, 4) is 11.5 Å². The fourth-order valence-corrected chi connectivity index (χ4v) is 2.79. The molecule has 3 rings (SSSR count). The first-order chi connectivity index (χ1) is 10.7. The number of halogens is 3. The van der Waals surface area contributed by atoms with E-state index in [9.17, 15) is 13.9 Å². The Labute approximate surface area is 140 Å². The molecule has 1 aromatic rings. The summed E-state index contributed by atoms with van der Waals surface area (Å²) in [6.45, 7) is -1.44. The third-order valence-corrected chi connectivity index (χ3v) is 4.27. The van der Waals surface area contributed by atoms with Crippen LogP contribution in [0.15, 0.2) is 18.2 Å². The predicted octanol–water partition coefficient (Wildman–Crippen LogP) is 2.94. The summed E-state index contributed by atoms with van der Waals surface area (Å²) in [5.74, 6) is 1.26. The largest absolute Gasteiger partial charge is 0.489 e. The summed E-state index contributed by atoms with van der Waals surface area (Å²) in [5, 5.41) is 12.4. The molecule has 0 aromatic heterocycles. The fourth-order valence-electron chi connectivity index (χ4n) is 2.79. The molecule has 1 aromatic carbocycles. The van der Waals surface area contributed by atoms with Gasteiger partial charge in [0.25, 0.3) is 0 Å². The smallest absolute Gasteiger partial charge is 0.387 e. The van der Waals surface area contributed by atoms with Crippen LogP contribution in [0.5, 0.6) is 11.5 Å². The summed E-state index contributed by atoms with van der Waals surface area (Å²) in [6.07, 6.45) is 3.10. The van der Waals surface area contributed by atoms with Crippen molar-refractivity contribution in [3.05, 3.63) is 23.8 Å². The van der Waals surface area contributed by atoms with Gasteiger partial charge < -0.3 is 19.9 Å². The molecule has 1 unspecified atom stereocenters. The lowest BCUT2D eigenvalue weighted by Gasteiger charge is -2.16. The molecule has 0 radical (unpaired) electrons. The molecule has 23 heavy (non-hydrogen) atoms. The van der Waals surface area contributed by atoms with Crippen molar-refractivity contribution in [1.29, 1.82) is 0 Å². The first-order valence-electron chi connectivity index (χ1n) is 7.71. The number of ether oxygens (including phenoxy) is 2. The van der Waals surface area contributed by atoms with Crippen LogP contribution in [-0.4, -0.2) is 37.5 Å². The van der Waals surface area contributed by atoms with Gasteiger partial charge in [-0.15, -0.1) is 12.4 Å². The Kier molecular flexibility index (Phi) is 6.44. The third kappa shape index (κ3) is 4.93. The summed E-state index contributed by atoms with van der Waals surface area (Å²) in [7, 11) is 0. The van der Waals surface area contributed by atoms with E-state index in [1.54, 1.807) is 18.2 Å². The maximum Gasteiger partial charge on any atom is 0.387 e. The minimum Gasteiger partial charge on any atom is -0.489 e. The van der Waals surface area contributed by atoms with Gasteiger partial charge in [0.05, 0.1) is 13.2 Å². The summed E-state index contributed by atoms with van der Waals surface area (Å²) in [6, 6.07) is 5.24. The normalized spacial score (nSPS) is 23.7. The summed E-state index contributed by atoms with van der Waals surface area (Å²) < 4.78 is 35.2. The number of hydrogen-bond acceptors (Lipinski definition) is 4. The van der Waals surface area contributed by atoms with E-state index in [-0.39, 0.29) is 36.7 Å². The standard InChI is InChI=1S/C16H21F2NO3.ClH/c17-16(18)22-14-4-3-11(12-5-13(8-20)19-7-12)6-15(14)21-9-10-1-2-10;/h3-4,6,10,12-13,16,19-20H,1-2,5,7-9H2;1H/t12?,13-;/m0./s1. The maximum absolute atomic E-state index is 12.5. The monoisotopic (exact) mass is 349 g/mol. The number of rotatable bonds is 7. The van der Waals surface area contributed by atoms with Crippen molar-refractivity contribution in [2.45, 2.75) is 37.8 Å². The summed E-state index contributed by atoms with van der Waals surface area (Å²) in [5.41, 5.74) is 1.02. The topological polar surface area (TPSA) is 50.7 Å². The van der Waals surface area contributed by atoms with Crippen LogP contribution in [0.2, 0.25) is 0 Å². The second-order valence-electron chi connectivity index (χ2n) is 6.06. The average molecular weight is 350 g/mol. The Balaban J connectivity index is 0.00000192. The molecule has 1 saturated heterocycles. The quantitative estimate of drug-likeness (QED) is 0.794. The lowest BCUT2D eigenvalue weighted by atomic mass is 9.96. The Morgan fingerprint density at radius 1 is 1.26 bits per heavy atom. The molecule has 0 spiro atoms. The van der Waals surface area contributed by atoms with Crippen molar-refractivity contribution >= 4 is 12.4 Å². The average Bonchev–Trinajstić information content (AvgIpc) is 3.20. The number of benzene rings is 1. The SMILES string of the molecule is Cl.OC[C@@H]1CC(c2ccc(OC(F)F)c(OCC3CC3)c2)CN1. The van der Waals surface area contributed by atoms with Gasteiger partial charge in [-0.3, -0.25) is 0 Å². The first-order valence-corrected chi connectivity index (χ1v) is 7.71. The van der Waals surface area contributed by atoms with Crippen LogP contribution in [0.4, 0.5) is 8.78 Å². The Morgan fingerprint density at radius 3 is 2.65 bits per heavy atom. The van der Waals surface area contributed by atoms with E-state index in [1.165, 1.54) is 0 Å². The molecule has 1 aliphatic heterocycles. The van der Waals surface area contributed by atoms with E-state index in [4.69, 9.17) is 4.74 Å². The van der Waals surface area contributed by atoms with Gasteiger partial charge in [0.1, 0.15) is 0 Å². The van der Waals surface area contributed by atoms with Crippen LogP contribution in [0.1, 0.15) is 30.7 Å². The molecule has 2 fully saturated rings. The molecule has 130 valence electrons. The predicted molar refractivity (Wildman–Crippen MR) is 84.8 cm³/mol. The summed E-state index contributed by atoms with van der Waals surface area (Å²) >= 11 is 0. The van der Waals surface area contributed by atoms with Crippen molar-refractivity contribution in [3.63, 3.8) is 0 Å². The van der Waals surface area contributed by atoms with Gasteiger partial charge in [-0.2, -0.15) is 8.78 Å². The number of hydrogen-bond donors (Lipinski definition) is 2. The molecular formula is C16H22ClF2NO3. The minimum atomic E-state index is -2.86. The van der Waals surface area contributed by atoms with Crippen LogP contribution in [0.3, 0.4) is 0 Å². The lowest BCUT2D eigenvalue weighted by molar-refractivity contribution is -0.0515. The van der Waals surface area contributed by atoms with Gasteiger partial charge in [0.15, 0.2) is 11.5 Å². The maximum atomic E-state index is 12.5. The molecule has 0 amide bonds. The zero-order valence-corrected chi connectivity index (χ0v) is 13.5. The highest BCUT2D eigenvalue weighted by atomic mass is 35.5. The van der Waals surface area contributed by atoms with Crippen LogP contribution < -0.4 is 14.8 Å². The van der Waals surface area contributed by atoms with E-state index in [2.05, 4.69) is 10.1 Å². The lowest BCUT2D eigenvalue weighted by Crippen LogP contribution is -2.24. The van der Waals surface area contributed by atoms with Gasteiger partial charge in [-0.25, -0.2) is 0 Å². The van der Waals surface area contributed by atoms with Crippen molar-refractivity contribution in [2.24, 2.45) is 5.92 Å². The highest BCUT2D eigenvalue weighted by Crippen LogP contribution is 2.37. The molecule has 0 bridgehead atoms. The van der Waals surface area contributed by atoms with E-state index in [0.717, 1.165) is 31.4 Å². The zero-order chi connectivity index (χ0) is 15.5. The van der Waals surface area contributed by atoms with Gasteiger partial charge in [0, 0.05) is 12.6 Å². The zero-order valence-electron chi connectivity index (χ0n) is 12.7. The molecule has 1 saturated carbocycles. The fraction of sp³-hybridized carbons (Fsp3) is 0.625. The highest BCUT2D eigenvalue weighted by Gasteiger charge is 2.27. The van der Waals surface area contributed by atoms with Gasteiger partial charge >= 0.3 is 6.61 Å². The molecule has 1 aliphatic carbocycles.